The van der Waals surface area contributed by atoms with E-state index in [4.69, 9.17) is 4.74 Å². The minimum absolute atomic E-state index is 0.135. The topological polar surface area (TPSA) is 80.3 Å². The summed E-state index contributed by atoms with van der Waals surface area (Å²) in [6, 6.07) is 20.2. The molecule has 1 aromatic heterocycles. The van der Waals surface area contributed by atoms with Crippen molar-refractivity contribution in [2.45, 2.75) is 0 Å². The van der Waals surface area contributed by atoms with Gasteiger partial charge in [0.05, 0.1) is 0 Å². The van der Waals surface area contributed by atoms with E-state index in [2.05, 4.69) is 15.6 Å². The van der Waals surface area contributed by atoms with Gasteiger partial charge in [-0.05, 0) is 29.7 Å². The van der Waals surface area contributed by atoms with E-state index >= 15 is 0 Å². The number of nitrogens with one attached hydrogen (secondary N) is 2. The Balaban J connectivity index is 1.39. The molecule has 0 aliphatic carbocycles. The molecule has 0 unspecified atom stereocenters. The molecule has 7 heteroatoms. The van der Waals surface area contributed by atoms with Gasteiger partial charge >= 0.3 is 0 Å². The van der Waals surface area contributed by atoms with E-state index in [-0.39, 0.29) is 18.4 Å². The summed E-state index contributed by atoms with van der Waals surface area (Å²) >= 11 is 1.34. The largest absolute Gasteiger partial charge is 0.483 e. The molecular weight excluding hydrogens is 386 g/mol. The van der Waals surface area contributed by atoms with Gasteiger partial charge in [-0.2, -0.15) is 0 Å². The minimum Gasteiger partial charge on any atom is -0.483 e. The van der Waals surface area contributed by atoms with Gasteiger partial charge in [-0.25, -0.2) is 4.98 Å². The highest BCUT2D eigenvalue weighted by atomic mass is 32.1. The molecule has 0 spiro atoms. The fourth-order valence-electron chi connectivity index (χ4n) is 2.85. The average molecular weight is 403 g/mol. The third-order valence-electron chi connectivity index (χ3n) is 4.17. The van der Waals surface area contributed by atoms with E-state index in [1.165, 1.54) is 11.3 Å². The van der Waals surface area contributed by atoms with Gasteiger partial charge in [0.25, 0.3) is 11.8 Å². The summed E-state index contributed by atoms with van der Waals surface area (Å²) in [5, 5.41) is 9.77. The van der Waals surface area contributed by atoms with Crippen LogP contribution in [0.15, 0.2) is 78.3 Å². The fourth-order valence-corrected chi connectivity index (χ4v) is 3.38. The van der Waals surface area contributed by atoms with Gasteiger partial charge in [-0.3, -0.25) is 14.9 Å². The van der Waals surface area contributed by atoms with Crippen molar-refractivity contribution in [3.05, 3.63) is 83.9 Å². The Morgan fingerprint density at radius 1 is 0.966 bits per heavy atom. The molecule has 0 aliphatic heterocycles. The second-order valence-electron chi connectivity index (χ2n) is 6.19. The fraction of sp³-hybridized carbons (Fsp3) is 0.0455. The van der Waals surface area contributed by atoms with Crippen LogP contribution in [0.1, 0.15) is 10.4 Å². The Labute approximate surface area is 171 Å². The van der Waals surface area contributed by atoms with Crippen LogP contribution < -0.4 is 15.4 Å². The van der Waals surface area contributed by atoms with Crippen LogP contribution in [0.5, 0.6) is 5.75 Å². The van der Waals surface area contributed by atoms with E-state index in [0.29, 0.717) is 22.1 Å². The summed E-state index contributed by atoms with van der Waals surface area (Å²) in [4.78, 5) is 28.6. The van der Waals surface area contributed by atoms with Crippen molar-refractivity contribution in [2.24, 2.45) is 0 Å². The Kier molecular flexibility index (Phi) is 5.49. The lowest BCUT2D eigenvalue weighted by molar-refractivity contribution is -0.118. The van der Waals surface area contributed by atoms with Crippen molar-refractivity contribution in [1.29, 1.82) is 0 Å². The van der Waals surface area contributed by atoms with Crippen LogP contribution in [0, 0.1) is 0 Å². The molecule has 2 amide bonds. The van der Waals surface area contributed by atoms with Gasteiger partial charge in [-0.15, -0.1) is 11.3 Å². The van der Waals surface area contributed by atoms with Gasteiger partial charge in [0.1, 0.15) is 5.75 Å². The summed E-state index contributed by atoms with van der Waals surface area (Å²) in [5.74, 6) is 0.0493. The Morgan fingerprint density at radius 3 is 2.66 bits per heavy atom. The third kappa shape index (κ3) is 4.59. The number of benzene rings is 3. The lowest BCUT2D eigenvalue weighted by atomic mass is 10.1. The van der Waals surface area contributed by atoms with Crippen LogP contribution in [-0.2, 0) is 4.79 Å². The number of fused-ring (bicyclic) bond motifs is 1. The molecule has 0 aliphatic rings. The highest BCUT2D eigenvalue weighted by molar-refractivity contribution is 7.13. The predicted molar refractivity (Wildman–Crippen MR) is 115 cm³/mol. The Hall–Kier alpha value is -3.71. The molecular formula is C22H17N3O3S. The number of nitrogens with zero attached hydrogens (tertiary/aromatic N) is 1. The van der Waals surface area contributed by atoms with E-state index in [1.54, 1.807) is 35.8 Å². The first kappa shape index (κ1) is 18.6. The molecule has 3 aromatic carbocycles. The molecule has 4 rings (SSSR count). The van der Waals surface area contributed by atoms with Gasteiger partial charge in [0.15, 0.2) is 11.7 Å². The molecule has 0 bridgehead atoms. The second kappa shape index (κ2) is 8.53. The summed E-state index contributed by atoms with van der Waals surface area (Å²) in [5.41, 5.74) is 0.941. The molecule has 4 aromatic rings. The number of carbonyl (C=O) groups is 2. The van der Waals surface area contributed by atoms with Crippen LogP contribution >= 0.6 is 11.3 Å². The molecule has 29 heavy (non-hydrogen) atoms. The average Bonchev–Trinajstić information content (AvgIpc) is 3.25. The quantitative estimate of drug-likeness (QED) is 0.494. The predicted octanol–water partition coefficient (Wildman–Crippen LogP) is 4.57. The number of carbonyl (C=O) groups excluding carboxylic acids is 2. The molecule has 0 saturated carbocycles. The highest BCUT2D eigenvalue weighted by Gasteiger charge is 2.10. The van der Waals surface area contributed by atoms with Gasteiger partial charge < -0.3 is 10.1 Å². The first-order valence-corrected chi connectivity index (χ1v) is 9.78. The monoisotopic (exact) mass is 403 g/mol. The summed E-state index contributed by atoms with van der Waals surface area (Å²) in [6.45, 7) is -0.135. The van der Waals surface area contributed by atoms with E-state index in [1.807, 2.05) is 42.5 Å². The molecule has 144 valence electrons. The summed E-state index contributed by atoms with van der Waals surface area (Å²) in [7, 11) is 0. The standard InChI is InChI=1S/C22H17N3O3S/c26-20(14-28-19-10-4-6-15-5-1-2-9-18(15)19)24-17-8-3-7-16(13-17)21(27)25-22-23-11-12-29-22/h1-13H,14H2,(H,24,26)(H,23,25,27). The number of hydrogen-bond donors (Lipinski definition) is 2. The second-order valence-corrected chi connectivity index (χ2v) is 7.08. The van der Waals surface area contributed by atoms with Crippen LogP contribution in [0.4, 0.5) is 10.8 Å². The van der Waals surface area contributed by atoms with E-state index in [9.17, 15) is 9.59 Å². The number of thiazole rings is 1. The maximum Gasteiger partial charge on any atom is 0.262 e. The lowest BCUT2D eigenvalue weighted by Crippen LogP contribution is -2.20. The van der Waals surface area contributed by atoms with Crippen molar-refractivity contribution in [1.82, 2.24) is 4.98 Å². The highest BCUT2D eigenvalue weighted by Crippen LogP contribution is 2.25. The normalized spacial score (nSPS) is 10.5. The minimum atomic E-state index is -0.310. The van der Waals surface area contributed by atoms with E-state index < -0.39 is 0 Å². The molecule has 2 N–H and O–H groups in total. The summed E-state index contributed by atoms with van der Waals surface area (Å²) < 4.78 is 5.70. The Morgan fingerprint density at radius 2 is 1.79 bits per heavy atom. The smallest absolute Gasteiger partial charge is 0.262 e. The van der Waals surface area contributed by atoms with Crippen molar-refractivity contribution < 1.29 is 14.3 Å². The van der Waals surface area contributed by atoms with E-state index in [0.717, 1.165) is 10.8 Å². The van der Waals surface area contributed by atoms with Gasteiger partial charge in [0, 0.05) is 28.2 Å². The zero-order valence-electron chi connectivity index (χ0n) is 15.3. The maximum absolute atomic E-state index is 12.3. The van der Waals surface area contributed by atoms with Gasteiger partial charge in [-0.1, -0.05) is 42.5 Å². The zero-order chi connectivity index (χ0) is 20.1. The first-order chi connectivity index (χ1) is 14.2. The van der Waals surface area contributed by atoms with Crippen molar-refractivity contribution in [3.8, 4) is 5.75 Å². The van der Waals surface area contributed by atoms with Crippen molar-refractivity contribution in [3.63, 3.8) is 0 Å². The molecule has 0 saturated heterocycles. The SMILES string of the molecule is O=C(COc1cccc2ccccc12)Nc1cccc(C(=O)Nc2nccs2)c1. The summed E-state index contributed by atoms with van der Waals surface area (Å²) in [6.07, 6.45) is 1.62. The van der Waals surface area contributed by atoms with Crippen LogP contribution in [0.25, 0.3) is 10.8 Å². The lowest BCUT2D eigenvalue weighted by Gasteiger charge is -2.10. The first-order valence-electron chi connectivity index (χ1n) is 8.90. The number of amides is 2. The molecule has 1 heterocycles. The molecule has 0 fully saturated rings. The third-order valence-corrected chi connectivity index (χ3v) is 4.86. The van der Waals surface area contributed by atoms with Crippen LogP contribution in [0.2, 0.25) is 0 Å². The number of anilines is 2. The zero-order valence-corrected chi connectivity index (χ0v) is 16.1. The molecule has 0 atom stereocenters. The maximum atomic E-state index is 12.3. The van der Waals surface area contributed by atoms with Crippen molar-refractivity contribution in [2.75, 3.05) is 17.2 Å². The molecule has 0 radical (unpaired) electrons. The van der Waals surface area contributed by atoms with Gasteiger partial charge in [0.2, 0.25) is 0 Å². The van der Waals surface area contributed by atoms with Crippen molar-refractivity contribution >= 4 is 44.7 Å². The number of hydrogen-bond acceptors (Lipinski definition) is 5. The molecule has 6 nitrogen and oxygen atoms in total. The van der Waals surface area contributed by atoms with Crippen LogP contribution in [0.3, 0.4) is 0 Å². The Bertz CT molecular complexity index is 1150. The number of rotatable bonds is 6. The number of ether oxygens (including phenoxy) is 1. The van der Waals surface area contributed by atoms with Crippen LogP contribution in [-0.4, -0.2) is 23.4 Å². The number of aromatic nitrogens is 1.